The van der Waals surface area contributed by atoms with Gasteiger partial charge in [-0.1, -0.05) is 48.9 Å². The first-order valence-electron chi connectivity index (χ1n) is 9.05. The monoisotopic (exact) mass is 406 g/mol. The first-order chi connectivity index (χ1) is 13.3. The second-order valence-corrected chi connectivity index (χ2v) is 7.12. The van der Waals surface area contributed by atoms with Crippen LogP contribution < -0.4 is 11.1 Å². The Kier molecular flexibility index (Phi) is 7.69. The normalized spacial score (nSPS) is 13.2. The van der Waals surface area contributed by atoms with E-state index in [4.69, 9.17) is 22.4 Å². The summed E-state index contributed by atoms with van der Waals surface area (Å²) in [7, 11) is 0. The van der Waals surface area contributed by atoms with Crippen molar-refractivity contribution in [3.8, 4) is 0 Å². The molecule has 2 rings (SSSR count). The maximum atomic E-state index is 15.3. The summed E-state index contributed by atoms with van der Waals surface area (Å²) >= 11 is 6.14. The summed E-state index contributed by atoms with van der Waals surface area (Å²) < 4.78 is 15.3. The van der Waals surface area contributed by atoms with Crippen molar-refractivity contribution in [3.05, 3.63) is 69.5 Å². The Labute approximate surface area is 168 Å². The standard InChI is InChI=1S/C21H24ClFN2O3/c1-3-17(25-12(2)10-18(24)27)15-8-9-16(22)19(20(15)23)21(28)14-6-4-13(11-26)5-7-14/h4-9,12,17,25-26H,3,10-11H2,1-2H3,(H2,24,27)/t12-,17+/m0/s1. The minimum atomic E-state index is -0.686. The number of rotatable bonds is 9. The predicted octanol–water partition coefficient (Wildman–Crippen LogP) is 3.51. The second kappa shape index (κ2) is 9.78. The van der Waals surface area contributed by atoms with Gasteiger partial charge in [-0.2, -0.15) is 0 Å². The SMILES string of the molecule is CC[C@@H](N[C@@H](C)CC(N)=O)c1ccc(Cl)c(C(=O)c2ccc(CO)cc2)c1F. The maximum Gasteiger partial charge on any atom is 0.218 e. The molecule has 0 saturated carbocycles. The molecule has 1 amide bonds. The highest BCUT2D eigenvalue weighted by molar-refractivity contribution is 6.35. The molecule has 0 aromatic heterocycles. The number of nitrogens with two attached hydrogens (primary N) is 1. The Balaban J connectivity index is 2.38. The van der Waals surface area contributed by atoms with Crippen LogP contribution in [0.15, 0.2) is 36.4 Å². The first kappa shape index (κ1) is 22.0. The molecule has 2 aromatic rings. The summed E-state index contributed by atoms with van der Waals surface area (Å²) in [4.78, 5) is 24.0. The smallest absolute Gasteiger partial charge is 0.218 e. The van der Waals surface area contributed by atoms with Gasteiger partial charge in [0.25, 0.3) is 0 Å². The molecule has 0 heterocycles. The van der Waals surface area contributed by atoms with Crippen LogP contribution in [0, 0.1) is 5.82 Å². The average Bonchev–Trinajstić information content (AvgIpc) is 2.66. The van der Waals surface area contributed by atoms with Crippen LogP contribution in [0.5, 0.6) is 0 Å². The number of carbonyl (C=O) groups is 2. The van der Waals surface area contributed by atoms with Crippen LogP contribution in [0.4, 0.5) is 4.39 Å². The van der Waals surface area contributed by atoms with E-state index < -0.39 is 23.5 Å². The third-order valence-electron chi connectivity index (χ3n) is 4.52. The van der Waals surface area contributed by atoms with Crippen LogP contribution in [0.25, 0.3) is 0 Å². The van der Waals surface area contributed by atoms with Crippen LogP contribution in [0.1, 0.15) is 59.8 Å². The molecule has 0 radical (unpaired) electrons. The Bertz CT molecular complexity index is 855. The summed E-state index contributed by atoms with van der Waals surface area (Å²) in [5.74, 6) is -1.67. The molecule has 28 heavy (non-hydrogen) atoms. The lowest BCUT2D eigenvalue weighted by Crippen LogP contribution is -2.34. The van der Waals surface area contributed by atoms with Crippen LogP contribution in [0.3, 0.4) is 0 Å². The van der Waals surface area contributed by atoms with E-state index in [2.05, 4.69) is 5.32 Å². The predicted molar refractivity (Wildman–Crippen MR) is 107 cm³/mol. The molecule has 0 aliphatic carbocycles. The quantitative estimate of drug-likeness (QED) is 0.555. The lowest BCUT2D eigenvalue weighted by atomic mass is 9.95. The fourth-order valence-electron chi connectivity index (χ4n) is 3.08. The van der Waals surface area contributed by atoms with Gasteiger partial charge in [-0.15, -0.1) is 0 Å². The number of amides is 1. The van der Waals surface area contributed by atoms with E-state index in [9.17, 15) is 9.59 Å². The minimum absolute atomic E-state index is 0.0255. The Morgan fingerprint density at radius 1 is 1.21 bits per heavy atom. The zero-order chi connectivity index (χ0) is 20.8. The molecule has 4 N–H and O–H groups in total. The number of hydrogen-bond acceptors (Lipinski definition) is 4. The third kappa shape index (κ3) is 5.16. The molecule has 0 saturated heterocycles. The van der Waals surface area contributed by atoms with E-state index in [0.29, 0.717) is 17.5 Å². The van der Waals surface area contributed by atoms with Crippen molar-refractivity contribution in [1.82, 2.24) is 5.32 Å². The molecule has 0 aliphatic rings. The van der Waals surface area contributed by atoms with Gasteiger partial charge in [0.1, 0.15) is 5.82 Å². The number of ketones is 1. The zero-order valence-corrected chi connectivity index (χ0v) is 16.6. The van der Waals surface area contributed by atoms with E-state index in [0.717, 1.165) is 0 Å². The fourth-order valence-corrected chi connectivity index (χ4v) is 3.32. The molecule has 5 nitrogen and oxygen atoms in total. The van der Waals surface area contributed by atoms with Crippen LogP contribution in [-0.2, 0) is 11.4 Å². The number of aliphatic hydroxyl groups excluding tert-OH is 1. The van der Waals surface area contributed by atoms with Crippen LogP contribution >= 0.6 is 11.6 Å². The highest BCUT2D eigenvalue weighted by Crippen LogP contribution is 2.30. The van der Waals surface area contributed by atoms with E-state index in [1.54, 1.807) is 25.1 Å². The van der Waals surface area contributed by atoms with Gasteiger partial charge < -0.3 is 16.2 Å². The Morgan fingerprint density at radius 3 is 2.39 bits per heavy atom. The topological polar surface area (TPSA) is 92.4 Å². The summed E-state index contributed by atoms with van der Waals surface area (Å²) in [6.45, 7) is 3.51. The number of hydrogen-bond donors (Lipinski definition) is 3. The maximum absolute atomic E-state index is 15.3. The molecular weight excluding hydrogens is 383 g/mol. The van der Waals surface area contributed by atoms with E-state index >= 15 is 4.39 Å². The van der Waals surface area contributed by atoms with Crippen molar-refractivity contribution in [2.24, 2.45) is 5.73 Å². The van der Waals surface area contributed by atoms with Gasteiger partial charge in [0.05, 0.1) is 17.2 Å². The van der Waals surface area contributed by atoms with Gasteiger partial charge in [-0.3, -0.25) is 9.59 Å². The number of primary amides is 1. The highest BCUT2D eigenvalue weighted by atomic mass is 35.5. The van der Waals surface area contributed by atoms with Gasteiger partial charge in [-0.05, 0) is 25.0 Å². The van der Waals surface area contributed by atoms with Crippen molar-refractivity contribution in [1.29, 1.82) is 0 Å². The summed E-state index contributed by atoms with van der Waals surface area (Å²) in [5, 5.41) is 12.3. The molecule has 0 fully saturated rings. The highest BCUT2D eigenvalue weighted by Gasteiger charge is 2.25. The van der Waals surface area contributed by atoms with Crippen molar-refractivity contribution < 1.29 is 19.1 Å². The summed E-state index contributed by atoms with van der Waals surface area (Å²) in [6, 6.07) is 8.65. The number of halogens is 2. The fraction of sp³-hybridized carbons (Fsp3) is 0.333. The van der Waals surface area contributed by atoms with Gasteiger partial charge in [0.2, 0.25) is 5.91 Å². The largest absolute Gasteiger partial charge is 0.392 e. The van der Waals surface area contributed by atoms with Crippen LogP contribution in [-0.4, -0.2) is 22.8 Å². The lowest BCUT2D eigenvalue weighted by Gasteiger charge is -2.23. The molecular formula is C21H24ClFN2O3. The molecule has 150 valence electrons. The third-order valence-corrected chi connectivity index (χ3v) is 4.84. The molecule has 2 atom stereocenters. The molecule has 7 heteroatoms. The van der Waals surface area contributed by atoms with E-state index in [1.165, 1.54) is 18.2 Å². The van der Waals surface area contributed by atoms with Crippen molar-refractivity contribution in [2.75, 3.05) is 0 Å². The van der Waals surface area contributed by atoms with Crippen molar-refractivity contribution in [3.63, 3.8) is 0 Å². The Hall–Kier alpha value is -2.28. The number of nitrogens with one attached hydrogen (secondary N) is 1. The minimum Gasteiger partial charge on any atom is -0.392 e. The molecule has 2 aromatic carbocycles. The molecule has 0 spiro atoms. The molecule has 0 unspecified atom stereocenters. The summed E-state index contributed by atoms with van der Waals surface area (Å²) in [5.41, 5.74) is 6.25. The Morgan fingerprint density at radius 2 is 1.86 bits per heavy atom. The first-order valence-corrected chi connectivity index (χ1v) is 9.43. The van der Waals surface area contributed by atoms with Crippen LogP contribution in [0.2, 0.25) is 5.02 Å². The second-order valence-electron chi connectivity index (χ2n) is 6.71. The van der Waals surface area contributed by atoms with E-state index in [1.807, 2.05) is 6.92 Å². The van der Waals surface area contributed by atoms with Gasteiger partial charge in [-0.25, -0.2) is 4.39 Å². The summed E-state index contributed by atoms with van der Waals surface area (Å²) in [6.07, 6.45) is 0.662. The van der Waals surface area contributed by atoms with Gasteiger partial charge in [0.15, 0.2) is 5.78 Å². The van der Waals surface area contributed by atoms with Gasteiger partial charge >= 0.3 is 0 Å². The van der Waals surface area contributed by atoms with E-state index in [-0.39, 0.29) is 35.2 Å². The molecule has 0 aliphatic heterocycles. The molecule has 0 bridgehead atoms. The van der Waals surface area contributed by atoms with Crippen molar-refractivity contribution >= 4 is 23.3 Å². The zero-order valence-electron chi connectivity index (χ0n) is 15.8. The van der Waals surface area contributed by atoms with Crippen molar-refractivity contribution in [2.45, 2.75) is 45.4 Å². The van der Waals surface area contributed by atoms with Gasteiger partial charge in [0, 0.05) is 29.6 Å². The number of benzene rings is 2. The number of aliphatic hydroxyl groups is 1. The average molecular weight is 407 g/mol. The lowest BCUT2D eigenvalue weighted by molar-refractivity contribution is -0.118. The number of carbonyl (C=O) groups excluding carboxylic acids is 2.